The number of carbonyl (C=O) groups is 1. The number of halogens is 2. The number of rotatable bonds is 9. The second-order valence-corrected chi connectivity index (χ2v) is 9.88. The van der Waals surface area contributed by atoms with Crippen LogP contribution in [0.4, 0.5) is 19.3 Å². The molecule has 3 aromatic rings. The van der Waals surface area contributed by atoms with E-state index in [2.05, 4.69) is 4.72 Å². The third kappa shape index (κ3) is 6.08. The van der Waals surface area contributed by atoms with Gasteiger partial charge in [0, 0.05) is 49.8 Å². The molecule has 0 aliphatic carbocycles. The van der Waals surface area contributed by atoms with Crippen LogP contribution in [0.25, 0.3) is 11.0 Å². The molecule has 1 heterocycles. The van der Waals surface area contributed by atoms with E-state index in [1.165, 1.54) is 26.2 Å². The molecule has 2 aromatic carbocycles. The van der Waals surface area contributed by atoms with Crippen molar-refractivity contribution in [2.75, 3.05) is 38.2 Å². The van der Waals surface area contributed by atoms with Crippen LogP contribution >= 0.6 is 0 Å². The summed E-state index contributed by atoms with van der Waals surface area (Å²) in [5.41, 5.74) is 0.229. The summed E-state index contributed by atoms with van der Waals surface area (Å²) >= 11 is 0. The van der Waals surface area contributed by atoms with Gasteiger partial charge in [-0.15, -0.1) is 0 Å². The first-order chi connectivity index (χ1) is 17.0. The summed E-state index contributed by atoms with van der Waals surface area (Å²) in [5, 5.41) is 0.314. The molecule has 0 aliphatic heterocycles. The summed E-state index contributed by atoms with van der Waals surface area (Å²) < 4.78 is 55.2. The highest BCUT2D eigenvalue weighted by atomic mass is 32.2. The number of amides is 1. The van der Waals surface area contributed by atoms with Gasteiger partial charge in [-0.1, -0.05) is 26.0 Å². The van der Waals surface area contributed by atoms with E-state index < -0.39 is 34.3 Å². The summed E-state index contributed by atoms with van der Waals surface area (Å²) in [7, 11) is 3.29. The maximum absolute atomic E-state index is 15.2. The predicted octanol–water partition coefficient (Wildman–Crippen LogP) is 4.27. The van der Waals surface area contributed by atoms with Crippen LogP contribution in [0.1, 0.15) is 30.5 Å². The number of hydrogen-bond donors (Lipinski definition) is 1. The normalized spacial score (nSPS) is 12.1. The number of benzene rings is 2. The predicted molar refractivity (Wildman–Crippen MR) is 136 cm³/mol. The van der Waals surface area contributed by atoms with Crippen LogP contribution in [0, 0.1) is 11.6 Å². The number of nitrogens with one attached hydrogen (secondary N) is 1. The van der Waals surface area contributed by atoms with Gasteiger partial charge in [-0.2, -0.15) is 0 Å². The highest BCUT2D eigenvalue weighted by Crippen LogP contribution is 2.30. The van der Waals surface area contributed by atoms with Crippen molar-refractivity contribution in [3.05, 3.63) is 69.1 Å². The molecule has 36 heavy (non-hydrogen) atoms. The van der Waals surface area contributed by atoms with Crippen molar-refractivity contribution in [1.82, 2.24) is 9.80 Å². The Bertz CT molecular complexity index is 1360. The second-order valence-electron chi connectivity index (χ2n) is 8.41. The molecule has 194 valence electrons. The van der Waals surface area contributed by atoms with Gasteiger partial charge in [-0.05, 0) is 36.9 Å². The molecule has 0 saturated heterocycles. The molecule has 0 saturated carbocycles. The van der Waals surface area contributed by atoms with Gasteiger partial charge in [0.15, 0.2) is 17.4 Å². The van der Waals surface area contributed by atoms with Crippen LogP contribution < -0.4 is 15.1 Å². The van der Waals surface area contributed by atoms with Gasteiger partial charge in [0.1, 0.15) is 16.6 Å². The molecule has 1 amide bonds. The van der Waals surface area contributed by atoms with Gasteiger partial charge in [0.25, 0.3) is 0 Å². The van der Waals surface area contributed by atoms with Gasteiger partial charge < -0.3 is 23.7 Å². The average molecular weight is 522 g/mol. The Morgan fingerprint density at radius 2 is 1.86 bits per heavy atom. The minimum Gasteiger partial charge on any atom is -0.422 e. The van der Waals surface area contributed by atoms with E-state index >= 15 is 4.39 Å². The smallest absolute Gasteiger partial charge is 0.414 e. The molecule has 0 spiro atoms. The molecular weight excluding hydrogens is 492 g/mol. The number of carbonyl (C=O) groups excluding carboxylic acids is 1. The number of fused-ring (bicyclic) bond motifs is 1. The van der Waals surface area contributed by atoms with Crippen LogP contribution in [-0.2, 0) is 24.0 Å². The van der Waals surface area contributed by atoms with Crippen LogP contribution in [0.2, 0.25) is 0 Å². The minimum atomic E-state index is -1.45. The quantitative estimate of drug-likeness (QED) is 0.423. The average Bonchev–Trinajstić information content (AvgIpc) is 2.84. The molecule has 3 rings (SSSR count). The van der Waals surface area contributed by atoms with Crippen molar-refractivity contribution in [2.45, 2.75) is 26.8 Å². The second kappa shape index (κ2) is 11.6. The highest BCUT2D eigenvalue weighted by Gasteiger charge is 2.22. The summed E-state index contributed by atoms with van der Waals surface area (Å²) in [6.07, 6.45) is -0.907. The van der Waals surface area contributed by atoms with Crippen molar-refractivity contribution >= 4 is 33.7 Å². The fourth-order valence-electron chi connectivity index (χ4n) is 3.49. The van der Waals surface area contributed by atoms with Crippen LogP contribution in [-0.4, -0.2) is 53.5 Å². The van der Waals surface area contributed by atoms with E-state index in [0.717, 1.165) is 17.0 Å². The first-order valence-electron chi connectivity index (χ1n) is 11.3. The molecular formula is C25H29F2N3O5S. The first-order valence-corrected chi connectivity index (χ1v) is 12.7. The lowest BCUT2D eigenvalue weighted by Crippen LogP contribution is -2.25. The maximum atomic E-state index is 15.2. The monoisotopic (exact) mass is 521 g/mol. The molecule has 0 bridgehead atoms. The Balaban J connectivity index is 2.15. The Morgan fingerprint density at radius 3 is 2.50 bits per heavy atom. The molecule has 1 N–H and O–H groups in total. The van der Waals surface area contributed by atoms with Crippen LogP contribution in [0.3, 0.4) is 0 Å². The van der Waals surface area contributed by atoms with Crippen LogP contribution in [0.5, 0.6) is 5.75 Å². The number of nitrogens with zero attached hydrogens (tertiary/aromatic N) is 2. The third-order valence-electron chi connectivity index (χ3n) is 5.63. The molecule has 11 heteroatoms. The Hall–Kier alpha value is -3.31. The van der Waals surface area contributed by atoms with Crippen molar-refractivity contribution in [1.29, 1.82) is 0 Å². The molecule has 8 nitrogen and oxygen atoms in total. The Kier molecular flexibility index (Phi) is 8.80. The van der Waals surface area contributed by atoms with E-state index in [1.807, 2.05) is 18.9 Å². The number of ether oxygens (including phenoxy) is 1. The molecule has 1 aromatic heterocycles. The van der Waals surface area contributed by atoms with Crippen molar-refractivity contribution in [3.63, 3.8) is 0 Å². The lowest BCUT2D eigenvalue weighted by atomic mass is 9.97. The molecule has 1 unspecified atom stereocenters. The summed E-state index contributed by atoms with van der Waals surface area (Å²) in [4.78, 5) is 28.0. The summed E-state index contributed by atoms with van der Waals surface area (Å²) in [6, 6.07) is 6.90. The van der Waals surface area contributed by atoms with Crippen molar-refractivity contribution in [3.8, 4) is 5.75 Å². The molecule has 0 fully saturated rings. The zero-order chi connectivity index (χ0) is 26.6. The van der Waals surface area contributed by atoms with E-state index in [9.17, 15) is 18.2 Å². The number of hydrogen-bond acceptors (Lipinski definition) is 6. The SMILES string of the molecule is CCN(C)Cc1c(Cc2cccc(NS(=O)CC)c2F)c(=O)oc2cc(OC(=O)N(C)C)c(F)cc12. The lowest BCUT2D eigenvalue weighted by Gasteiger charge is -2.19. The fourth-order valence-corrected chi connectivity index (χ4v) is 4.03. The van der Waals surface area contributed by atoms with Gasteiger partial charge >= 0.3 is 11.7 Å². The summed E-state index contributed by atoms with van der Waals surface area (Å²) in [5.74, 6) is -1.52. The fraction of sp³-hybridized carbons (Fsp3) is 0.360. The molecule has 0 radical (unpaired) electrons. The maximum Gasteiger partial charge on any atom is 0.414 e. The topological polar surface area (TPSA) is 92.1 Å². The van der Waals surface area contributed by atoms with Gasteiger partial charge in [-0.3, -0.25) is 0 Å². The first kappa shape index (κ1) is 27.3. The van der Waals surface area contributed by atoms with Crippen molar-refractivity contribution in [2.24, 2.45) is 0 Å². The summed E-state index contributed by atoms with van der Waals surface area (Å²) in [6.45, 7) is 4.53. The van der Waals surface area contributed by atoms with Crippen LogP contribution in [0.15, 0.2) is 39.5 Å². The molecule has 0 aliphatic rings. The van der Waals surface area contributed by atoms with E-state index in [4.69, 9.17) is 9.15 Å². The zero-order valence-electron chi connectivity index (χ0n) is 20.8. The lowest BCUT2D eigenvalue weighted by molar-refractivity contribution is 0.170. The largest absolute Gasteiger partial charge is 0.422 e. The van der Waals surface area contributed by atoms with Crippen molar-refractivity contribution < 1.29 is 26.9 Å². The standard InChI is InChI=1S/C25H29F2N3O5S/c1-6-30(5)14-18-16-12-19(26)22(35-25(32)29(3)4)13-21(16)34-24(31)17(18)11-15-9-8-10-20(23(15)27)28-36(33)7-2/h8-10,12-13,28H,6-7,11,14H2,1-5H3. The third-order valence-corrected chi connectivity index (χ3v) is 6.61. The number of anilines is 1. The van der Waals surface area contributed by atoms with Gasteiger partial charge in [-0.25, -0.2) is 22.6 Å². The van der Waals surface area contributed by atoms with Gasteiger partial charge in [0.05, 0.1) is 5.69 Å². The highest BCUT2D eigenvalue weighted by molar-refractivity contribution is 7.86. The Labute approximate surface area is 210 Å². The van der Waals surface area contributed by atoms with E-state index in [-0.39, 0.29) is 41.1 Å². The zero-order valence-corrected chi connectivity index (χ0v) is 21.6. The van der Waals surface area contributed by atoms with Gasteiger partial charge in [0.2, 0.25) is 0 Å². The van der Waals surface area contributed by atoms with E-state index in [0.29, 0.717) is 23.2 Å². The van der Waals surface area contributed by atoms with E-state index in [1.54, 1.807) is 13.0 Å². The molecule has 1 atom stereocenters. The minimum absolute atomic E-state index is 0.0421. The Morgan fingerprint density at radius 1 is 1.14 bits per heavy atom.